The van der Waals surface area contributed by atoms with E-state index >= 15 is 0 Å². The molecule has 0 N–H and O–H groups in total. The van der Waals surface area contributed by atoms with E-state index in [0.29, 0.717) is 44.2 Å². The van der Waals surface area contributed by atoms with Crippen LogP contribution in [0.25, 0.3) is 17.4 Å². The van der Waals surface area contributed by atoms with Crippen LogP contribution in [0.5, 0.6) is 0 Å². The second-order valence-corrected chi connectivity index (χ2v) is 8.98. The number of nitro benzene ring substituents is 1. The van der Waals surface area contributed by atoms with Crippen molar-refractivity contribution in [1.29, 1.82) is 0 Å². The summed E-state index contributed by atoms with van der Waals surface area (Å²) in [6.45, 7) is 1.75. The van der Waals surface area contributed by atoms with Gasteiger partial charge in [0.25, 0.3) is 5.69 Å². The number of rotatable bonds is 4. The molecule has 0 atom stereocenters. The number of benzene rings is 2. The molecule has 0 fully saturated rings. The van der Waals surface area contributed by atoms with E-state index in [0.717, 1.165) is 0 Å². The Morgan fingerprint density at radius 2 is 1.88 bits per heavy atom. The molecule has 2 aromatic heterocycles. The molecule has 5 rings (SSSR count). The fourth-order valence-corrected chi connectivity index (χ4v) is 4.70. The molecule has 0 unspecified atom stereocenters. The van der Waals surface area contributed by atoms with E-state index in [4.69, 9.17) is 27.6 Å². The first-order valence-corrected chi connectivity index (χ1v) is 11.3. The molecule has 4 aromatic rings. The Balaban J connectivity index is 1.56. The molecule has 12 heteroatoms. The fraction of sp³-hybridized carbons (Fsp3) is 0.0455. The number of furan rings is 1. The lowest BCUT2D eigenvalue weighted by Crippen LogP contribution is -2.13. The van der Waals surface area contributed by atoms with Crippen LogP contribution in [-0.4, -0.2) is 25.5 Å². The van der Waals surface area contributed by atoms with Crippen molar-refractivity contribution in [3.63, 3.8) is 0 Å². The monoisotopic (exact) mass is 515 g/mol. The zero-order valence-electron chi connectivity index (χ0n) is 17.2. The summed E-state index contributed by atoms with van der Waals surface area (Å²) in [6, 6.07) is 12.1. The number of allylic oxidation sites excluding steroid dienone is 1. The average Bonchev–Trinajstić information content (AvgIpc) is 3.42. The van der Waals surface area contributed by atoms with Crippen LogP contribution < -0.4 is 0 Å². The molecule has 0 amide bonds. The lowest BCUT2D eigenvalue weighted by molar-refractivity contribution is -0.384. The Morgan fingerprint density at radius 3 is 2.62 bits per heavy atom. The number of aryl methyl sites for hydroxylation is 1. The summed E-state index contributed by atoms with van der Waals surface area (Å²) in [7, 11) is 0. The third-order valence-electron chi connectivity index (χ3n) is 4.93. The Morgan fingerprint density at radius 1 is 1.12 bits per heavy atom. The van der Waals surface area contributed by atoms with Crippen molar-refractivity contribution in [2.45, 2.75) is 12.1 Å². The highest BCUT2D eigenvalue weighted by Crippen LogP contribution is 2.38. The Bertz CT molecular complexity index is 1510. The largest absolute Gasteiger partial charge is 0.457 e. The van der Waals surface area contributed by atoms with E-state index in [2.05, 4.69) is 15.3 Å². The number of fused-ring (bicyclic) bond motifs is 1. The molecule has 2 aromatic carbocycles. The van der Waals surface area contributed by atoms with Crippen LogP contribution in [0, 0.1) is 22.9 Å². The van der Waals surface area contributed by atoms with Gasteiger partial charge in [-0.25, -0.2) is 4.39 Å². The van der Waals surface area contributed by atoms with Crippen LogP contribution in [0.3, 0.4) is 0 Å². The maximum Gasteiger partial charge on any atom is 0.269 e. The Labute approximate surface area is 205 Å². The van der Waals surface area contributed by atoms with E-state index in [1.165, 1.54) is 36.0 Å². The average molecular weight is 516 g/mol. The van der Waals surface area contributed by atoms with Gasteiger partial charge in [-0.2, -0.15) is 9.78 Å². The number of hydrogen-bond donors (Lipinski definition) is 0. The third kappa shape index (κ3) is 4.11. The molecule has 1 aliphatic rings. The van der Waals surface area contributed by atoms with Gasteiger partial charge in [0.15, 0.2) is 5.82 Å². The number of non-ortho nitro benzene ring substituents is 1. The topological polar surface area (TPSA) is 99.3 Å². The maximum atomic E-state index is 14.3. The molecule has 0 saturated heterocycles. The minimum absolute atomic E-state index is 0.0106. The third-order valence-corrected chi connectivity index (χ3v) is 6.50. The van der Waals surface area contributed by atoms with Crippen LogP contribution in [0.2, 0.25) is 10.0 Å². The summed E-state index contributed by atoms with van der Waals surface area (Å²) in [6.07, 6.45) is 1.73. The molecule has 0 spiro atoms. The lowest BCUT2D eigenvalue weighted by Gasteiger charge is -2.17. The van der Waals surface area contributed by atoms with Crippen molar-refractivity contribution in [2.24, 2.45) is 5.10 Å². The number of nitro groups is 1. The van der Waals surface area contributed by atoms with Gasteiger partial charge < -0.3 is 4.42 Å². The van der Waals surface area contributed by atoms with Gasteiger partial charge in [0.05, 0.1) is 15.0 Å². The summed E-state index contributed by atoms with van der Waals surface area (Å²) in [4.78, 5) is 11.0. The van der Waals surface area contributed by atoms with Gasteiger partial charge in [-0.15, -0.1) is 10.2 Å². The van der Waals surface area contributed by atoms with Crippen LogP contribution in [0.4, 0.5) is 10.1 Å². The fourth-order valence-electron chi connectivity index (χ4n) is 3.26. The standard InChI is InChI=1S/C22H12Cl2FN5O3S/c1-11-26-27-22-29(11)28-21(15-9-18(25)17(24)10-16(15)23)20(34-22)8-14-6-7-19(33-14)12-2-4-13(5-3-12)30(31)32/h2-10H,1H3/b20-8-. The molecule has 8 nitrogen and oxygen atoms in total. The highest BCUT2D eigenvalue weighted by atomic mass is 35.5. The van der Waals surface area contributed by atoms with Gasteiger partial charge in [-0.05, 0) is 61.2 Å². The second-order valence-electron chi connectivity index (χ2n) is 7.15. The molecule has 34 heavy (non-hydrogen) atoms. The lowest BCUT2D eigenvalue weighted by atomic mass is 10.1. The smallest absolute Gasteiger partial charge is 0.269 e. The van der Waals surface area contributed by atoms with Crippen LogP contribution in [0.15, 0.2) is 68.1 Å². The van der Waals surface area contributed by atoms with Crippen LogP contribution in [-0.2, 0) is 0 Å². The first kappa shape index (κ1) is 22.3. The molecule has 3 heterocycles. The normalized spacial score (nSPS) is 14.2. The highest BCUT2D eigenvalue weighted by Gasteiger charge is 2.26. The summed E-state index contributed by atoms with van der Waals surface area (Å²) in [5.74, 6) is 0.940. The molecule has 170 valence electrons. The van der Waals surface area contributed by atoms with Gasteiger partial charge in [0, 0.05) is 28.2 Å². The summed E-state index contributed by atoms with van der Waals surface area (Å²) < 4.78 is 21.8. The van der Waals surface area contributed by atoms with Gasteiger partial charge in [0.1, 0.15) is 23.0 Å². The predicted molar refractivity (Wildman–Crippen MR) is 128 cm³/mol. The first-order valence-electron chi connectivity index (χ1n) is 9.70. The number of aromatic nitrogens is 3. The van der Waals surface area contributed by atoms with Gasteiger partial charge in [0.2, 0.25) is 5.16 Å². The van der Waals surface area contributed by atoms with Crippen LogP contribution >= 0.6 is 35.0 Å². The van der Waals surface area contributed by atoms with Crippen LogP contribution in [0.1, 0.15) is 17.1 Å². The minimum atomic E-state index is -0.627. The Kier molecular flexibility index (Phi) is 5.72. The van der Waals surface area contributed by atoms with Gasteiger partial charge >= 0.3 is 0 Å². The zero-order valence-corrected chi connectivity index (χ0v) is 19.5. The molecule has 0 aliphatic carbocycles. The molecular formula is C22H12Cl2FN5O3S. The van der Waals surface area contributed by atoms with Gasteiger partial charge in [-0.3, -0.25) is 10.1 Å². The van der Waals surface area contributed by atoms with E-state index in [1.54, 1.807) is 41.9 Å². The predicted octanol–water partition coefficient (Wildman–Crippen LogP) is 6.60. The second kappa shape index (κ2) is 8.71. The number of hydrogen-bond acceptors (Lipinski definition) is 7. The van der Waals surface area contributed by atoms with E-state index in [9.17, 15) is 14.5 Å². The van der Waals surface area contributed by atoms with E-state index in [1.807, 2.05) is 0 Å². The summed E-state index contributed by atoms with van der Waals surface area (Å²) in [5.41, 5.74) is 1.42. The minimum Gasteiger partial charge on any atom is -0.457 e. The number of thioether (sulfide) groups is 1. The summed E-state index contributed by atoms with van der Waals surface area (Å²) >= 11 is 13.5. The molecule has 0 radical (unpaired) electrons. The van der Waals surface area contributed by atoms with Crippen molar-refractivity contribution in [1.82, 2.24) is 14.9 Å². The number of nitrogens with zero attached hydrogens (tertiary/aromatic N) is 5. The summed E-state index contributed by atoms with van der Waals surface area (Å²) in [5, 5.41) is 24.3. The molecule has 1 aliphatic heterocycles. The SMILES string of the molecule is Cc1nnc2n1N=C(c1cc(F)c(Cl)cc1Cl)/C(=C/c1ccc(-c3ccc([N+](=O)[O-])cc3)o1)S2. The zero-order chi connectivity index (χ0) is 24.0. The maximum absolute atomic E-state index is 14.3. The Hall–Kier alpha value is -3.47. The van der Waals surface area contributed by atoms with Crippen molar-refractivity contribution in [2.75, 3.05) is 0 Å². The van der Waals surface area contributed by atoms with Crippen molar-refractivity contribution in [3.05, 3.63) is 96.6 Å². The number of halogens is 3. The van der Waals surface area contributed by atoms with E-state index < -0.39 is 10.7 Å². The molecule has 0 bridgehead atoms. The quantitative estimate of drug-likeness (QED) is 0.172. The van der Waals surface area contributed by atoms with Crippen molar-refractivity contribution >= 4 is 52.4 Å². The molecular weight excluding hydrogens is 504 g/mol. The van der Waals surface area contributed by atoms with Crippen molar-refractivity contribution < 1.29 is 13.7 Å². The van der Waals surface area contributed by atoms with Crippen molar-refractivity contribution in [3.8, 4) is 11.3 Å². The molecule has 0 saturated carbocycles. The van der Waals surface area contributed by atoms with E-state index in [-0.39, 0.29) is 15.7 Å². The first-order chi connectivity index (χ1) is 16.3. The van der Waals surface area contributed by atoms with Gasteiger partial charge in [-0.1, -0.05) is 23.2 Å². The highest BCUT2D eigenvalue weighted by molar-refractivity contribution is 8.04.